The van der Waals surface area contributed by atoms with Crippen molar-refractivity contribution in [2.45, 2.75) is 0 Å². The van der Waals surface area contributed by atoms with Crippen molar-refractivity contribution in [2.24, 2.45) is 0 Å². The Morgan fingerprint density at radius 3 is 2.69 bits per heavy atom. The summed E-state index contributed by atoms with van der Waals surface area (Å²) in [6.45, 7) is -0.365. The lowest BCUT2D eigenvalue weighted by molar-refractivity contribution is -0.127. The van der Waals surface area contributed by atoms with Gasteiger partial charge in [0, 0.05) is 12.4 Å². The maximum absolute atomic E-state index is 12.4. The fourth-order valence-corrected chi connectivity index (χ4v) is 3.17. The zero-order valence-corrected chi connectivity index (χ0v) is 14.7. The third-order valence-corrected chi connectivity index (χ3v) is 4.47. The maximum atomic E-state index is 12.4. The first-order valence-electron chi connectivity index (χ1n) is 7.67. The van der Waals surface area contributed by atoms with E-state index in [1.807, 2.05) is 0 Å². The molecule has 7 nitrogen and oxygen atoms in total. The molecule has 2 heterocycles. The van der Waals surface area contributed by atoms with E-state index in [0.29, 0.717) is 11.4 Å². The minimum Gasteiger partial charge on any atom is -0.495 e. The third-order valence-electron chi connectivity index (χ3n) is 3.56. The Morgan fingerprint density at radius 2 is 1.96 bits per heavy atom. The van der Waals surface area contributed by atoms with E-state index in [-0.39, 0.29) is 11.4 Å². The second kappa shape index (κ2) is 7.83. The molecule has 0 spiro atoms. The molecule has 1 aromatic heterocycles. The Labute approximate surface area is 154 Å². The van der Waals surface area contributed by atoms with E-state index in [2.05, 4.69) is 10.3 Å². The average Bonchev–Trinajstić information content (AvgIpc) is 2.90. The van der Waals surface area contributed by atoms with Crippen LogP contribution in [0.1, 0.15) is 5.56 Å². The van der Waals surface area contributed by atoms with Gasteiger partial charge in [0.15, 0.2) is 0 Å². The van der Waals surface area contributed by atoms with Gasteiger partial charge in [0.1, 0.15) is 12.3 Å². The van der Waals surface area contributed by atoms with Crippen LogP contribution in [0, 0.1) is 0 Å². The van der Waals surface area contributed by atoms with E-state index in [0.717, 1.165) is 22.2 Å². The van der Waals surface area contributed by atoms with Crippen molar-refractivity contribution in [2.75, 3.05) is 19.0 Å². The topological polar surface area (TPSA) is 88.6 Å². The molecule has 0 aliphatic carbocycles. The van der Waals surface area contributed by atoms with Crippen molar-refractivity contribution in [1.82, 2.24) is 9.88 Å². The maximum Gasteiger partial charge on any atom is 0.294 e. The highest BCUT2D eigenvalue weighted by atomic mass is 32.2. The summed E-state index contributed by atoms with van der Waals surface area (Å²) in [6, 6.07) is 10.3. The Bertz CT molecular complexity index is 883. The first-order valence-corrected chi connectivity index (χ1v) is 8.48. The Kier molecular flexibility index (Phi) is 5.33. The smallest absolute Gasteiger partial charge is 0.294 e. The molecule has 1 saturated heterocycles. The normalized spacial score (nSPS) is 15.4. The van der Waals surface area contributed by atoms with Crippen molar-refractivity contribution < 1.29 is 19.1 Å². The predicted octanol–water partition coefficient (Wildman–Crippen LogP) is 2.77. The van der Waals surface area contributed by atoms with Gasteiger partial charge in [-0.2, -0.15) is 0 Å². The first kappa shape index (κ1) is 17.7. The fourth-order valence-electron chi connectivity index (χ4n) is 2.33. The van der Waals surface area contributed by atoms with Crippen LogP contribution in [-0.4, -0.2) is 40.6 Å². The average molecular weight is 369 g/mol. The van der Waals surface area contributed by atoms with Gasteiger partial charge in [-0.05, 0) is 47.7 Å². The lowest BCUT2D eigenvalue weighted by atomic mass is 10.2. The zero-order valence-electron chi connectivity index (χ0n) is 13.8. The molecule has 3 rings (SSSR count). The number of imide groups is 1. The lowest BCUT2D eigenvalue weighted by Crippen LogP contribution is -2.36. The predicted molar refractivity (Wildman–Crippen MR) is 98.5 cm³/mol. The number of pyridine rings is 1. The number of carbonyl (C=O) groups excluding carboxylic acids is 3. The van der Waals surface area contributed by atoms with E-state index in [9.17, 15) is 14.4 Å². The van der Waals surface area contributed by atoms with Crippen molar-refractivity contribution in [1.29, 1.82) is 0 Å². The molecule has 0 saturated carbocycles. The first-order chi connectivity index (χ1) is 12.6. The molecule has 0 radical (unpaired) electrons. The molecule has 0 bridgehead atoms. The van der Waals surface area contributed by atoms with Gasteiger partial charge in [-0.25, -0.2) is 0 Å². The number of methoxy groups -OCH3 is 1. The number of hydrogen-bond donors (Lipinski definition) is 1. The number of anilines is 1. The van der Waals surface area contributed by atoms with E-state index < -0.39 is 17.1 Å². The van der Waals surface area contributed by atoms with Crippen LogP contribution in [-0.2, 0) is 9.59 Å². The zero-order chi connectivity index (χ0) is 18.5. The molecular formula is C18H15N3O4S. The van der Waals surface area contributed by atoms with Crippen LogP contribution in [0.4, 0.5) is 10.5 Å². The van der Waals surface area contributed by atoms with Gasteiger partial charge in [0.2, 0.25) is 5.91 Å². The Hall–Kier alpha value is -3.13. The molecule has 132 valence electrons. The lowest BCUT2D eigenvalue weighted by Gasteiger charge is -2.14. The Balaban J connectivity index is 1.70. The molecule has 0 atom stereocenters. The van der Waals surface area contributed by atoms with Crippen LogP contribution >= 0.6 is 11.8 Å². The summed E-state index contributed by atoms with van der Waals surface area (Å²) in [7, 11) is 1.49. The van der Waals surface area contributed by atoms with Crippen LogP contribution in [0.25, 0.3) is 6.08 Å². The van der Waals surface area contributed by atoms with E-state index in [1.54, 1.807) is 54.9 Å². The minimum absolute atomic E-state index is 0.270. The van der Waals surface area contributed by atoms with Crippen LogP contribution < -0.4 is 10.1 Å². The molecule has 1 fully saturated rings. The number of thioether (sulfide) groups is 1. The second-order valence-corrected chi connectivity index (χ2v) is 6.29. The van der Waals surface area contributed by atoms with E-state index in [4.69, 9.17) is 4.74 Å². The summed E-state index contributed by atoms with van der Waals surface area (Å²) < 4.78 is 5.16. The molecule has 1 N–H and O–H groups in total. The molecule has 1 aliphatic heterocycles. The standard InChI is InChI=1S/C18H15N3O4S/c1-25-14-5-3-2-4-13(14)20-16(22)11-21-17(23)15(26-18(21)24)10-12-6-8-19-9-7-12/h2-10H,11H2,1H3,(H,20,22)/b15-10+. The SMILES string of the molecule is COc1ccccc1NC(=O)CN1C(=O)S/C(=C/c2ccncc2)C1=O. The molecule has 3 amide bonds. The number of nitrogens with one attached hydrogen (secondary N) is 1. The fraction of sp³-hybridized carbons (Fsp3) is 0.111. The number of carbonyl (C=O) groups is 3. The summed E-state index contributed by atoms with van der Waals surface area (Å²) in [5.74, 6) is -0.485. The third kappa shape index (κ3) is 3.92. The molecule has 2 aromatic rings. The number of aromatic nitrogens is 1. The number of para-hydroxylation sites is 2. The van der Waals surface area contributed by atoms with Gasteiger partial charge in [0.05, 0.1) is 17.7 Å². The van der Waals surface area contributed by atoms with Crippen molar-refractivity contribution in [3.8, 4) is 5.75 Å². The van der Waals surface area contributed by atoms with Gasteiger partial charge in [-0.3, -0.25) is 24.3 Å². The van der Waals surface area contributed by atoms with E-state index in [1.165, 1.54) is 7.11 Å². The molecule has 8 heteroatoms. The highest BCUT2D eigenvalue weighted by Crippen LogP contribution is 2.32. The van der Waals surface area contributed by atoms with Crippen LogP contribution in [0.15, 0.2) is 53.7 Å². The Morgan fingerprint density at radius 1 is 1.23 bits per heavy atom. The van der Waals surface area contributed by atoms with Gasteiger partial charge < -0.3 is 10.1 Å². The van der Waals surface area contributed by atoms with Gasteiger partial charge in [0.25, 0.3) is 11.1 Å². The van der Waals surface area contributed by atoms with Crippen molar-refractivity contribution >= 4 is 40.6 Å². The summed E-state index contributed by atoms with van der Waals surface area (Å²) in [4.78, 5) is 41.9. The summed E-state index contributed by atoms with van der Waals surface area (Å²) >= 11 is 0.806. The van der Waals surface area contributed by atoms with Crippen molar-refractivity contribution in [3.05, 3.63) is 59.3 Å². The molecule has 0 unspecified atom stereocenters. The quantitative estimate of drug-likeness (QED) is 0.816. The largest absolute Gasteiger partial charge is 0.495 e. The number of hydrogen-bond acceptors (Lipinski definition) is 6. The second-order valence-electron chi connectivity index (χ2n) is 5.30. The highest BCUT2D eigenvalue weighted by Gasteiger charge is 2.36. The summed E-state index contributed by atoms with van der Waals surface area (Å²) in [5.41, 5.74) is 1.23. The molecule has 26 heavy (non-hydrogen) atoms. The number of nitrogens with zero attached hydrogens (tertiary/aromatic N) is 2. The van der Waals surface area contributed by atoms with Crippen LogP contribution in [0.5, 0.6) is 5.75 Å². The number of amides is 3. The van der Waals surface area contributed by atoms with Crippen LogP contribution in [0.3, 0.4) is 0 Å². The molecule has 1 aromatic carbocycles. The number of rotatable bonds is 5. The highest BCUT2D eigenvalue weighted by molar-refractivity contribution is 8.18. The van der Waals surface area contributed by atoms with Gasteiger partial charge in [-0.1, -0.05) is 12.1 Å². The van der Waals surface area contributed by atoms with Crippen LogP contribution in [0.2, 0.25) is 0 Å². The van der Waals surface area contributed by atoms with Crippen molar-refractivity contribution in [3.63, 3.8) is 0 Å². The van der Waals surface area contributed by atoms with Gasteiger partial charge in [-0.15, -0.1) is 0 Å². The summed E-state index contributed by atoms with van der Waals surface area (Å²) in [6.07, 6.45) is 4.79. The van der Waals surface area contributed by atoms with Gasteiger partial charge >= 0.3 is 0 Å². The molecular weight excluding hydrogens is 354 g/mol. The number of ether oxygens (including phenoxy) is 1. The summed E-state index contributed by atoms with van der Waals surface area (Å²) in [5, 5.41) is 2.17. The monoisotopic (exact) mass is 369 g/mol. The molecule has 1 aliphatic rings. The number of benzene rings is 1. The minimum atomic E-state index is -0.494. The van der Waals surface area contributed by atoms with E-state index >= 15 is 0 Å².